The number of carboxylic acids is 1. The van der Waals surface area contributed by atoms with Gasteiger partial charge in [0.05, 0.1) is 19.3 Å². The number of rotatable bonds is 5. The van der Waals surface area contributed by atoms with Crippen LogP contribution >= 0.6 is 0 Å². The number of likely N-dealkylation sites (N-methyl/N-ethyl adjacent to an activating group) is 1. The van der Waals surface area contributed by atoms with Gasteiger partial charge in [-0.2, -0.15) is 13.2 Å². The molecule has 2 heterocycles. The van der Waals surface area contributed by atoms with Crippen LogP contribution in [0.4, 0.5) is 19.0 Å². The minimum absolute atomic E-state index is 0.123. The quantitative estimate of drug-likeness (QED) is 0.877. The van der Waals surface area contributed by atoms with Crippen molar-refractivity contribution in [3.05, 3.63) is 23.9 Å². The minimum Gasteiger partial charge on any atom is -0.480 e. The number of anilines is 1. The van der Waals surface area contributed by atoms with E-state index in [2.05, 4.69) is 4.98 Å². The van der Waals surface area contributed by atoms with Crippen molar-refractivity contribution in [2.24, 2.45) is 0 Å². The summed E-state index contributed by atoms with van der Waals surface area (Å²) in [7, 11) is 1.65. The molecule has 1 aromatic heterocycles. The molecule has 0 bridgehead atoms. The lowest BCUT2D eigenvalue weighted by atomic mass is 10.2. The highest BCUT2D eigenvalue weighted by Gasteiger charge is 2.33. The van der Waals surface area contributed by atoms with Gasteiger partial charge in [-0.3, -0.25) is 9.69 Å². The lowest BCUT2D eigenvalue weighted by Gasteiger charge is -2.35. The van der Waals surface area contributed by atoms with E-state index < -0.39 is 17.8 Å². The maximum absolute atomic E-state index is 12.7. The van der Waals surface area contributed by atoms with Gasteiger partial charge < -0.3 is 14.7 Å². The summed E-state index contributed by atoms with van der Waals surface area (Å²) in [6.07, 6.45) is -4.77. The molecule has 2 rings (SSSR count). The molecule has 128 valence electrons. The number of carbonyl (C=O) groups is 1. The van der Waals surface area contributed by atoms with Crippen LogP contribution in [0.3, 0.4) is 0 Å². The zero-order valence-corrected chi connectivity index (χ0v) is 12.6. The Kier molecular flexibility index (Phi) is 5.42. The lowest BCUT2D eigenvalue weighted by molar-refractivity contribution is -0.141. The molecule has 0 aliphatic carbocycles. The van der Waals surface area contributed by atoms with Crippen molar-refractivity contribution in [2.45, 2.75) is 12.3 Å². The van der Waals surface area contributed by atoms with Gasteiger partial charge in [-0.25, -0.2) is 4.98 Å². The topological polar surface area (TPSA) is 65.9 Å². The molecule has 0 spiro atoms. The van der Waals surface area contributed by atoms with E-state index in [1.54, 1.807) is 16.8 Å². The molecule has 1 N–H and O–H groups in total. The third-order valence-corrected chi connectivity index (χ3v) is 3.41. The van der Waals surface area contributed by atoms with Crippen LogP contribution < -0.4 is 4.90 Å². The van der Waals surface area contributed by atoms with E-state index in [1.165, 1.54) is 12.1 Å². The molecule has 0 amide bonds. The molecule has 1 aliphatic rings. The highest BCUT2D eigenvalue weighted by Crippen LogP contribution is 2.29. The van der Waals surface area contributed by atoms with Crippen LogP contribution in [0, 0.1) is 0 Å². The molecule has 0 radical (unpaired) electrons. The number of ether oxygens (including phenoxy) is 1. The number of aliphatic carboxylic acids is 1. The largest absolute Gasteiger partial charge is 0.480 e. The van der Waals surface area contributed by atoms with E-state index in [9.17, 15) is 18.0 Å². The van der Waals surface area contributed by atoms with Crippen molar-refractivity contribution < 1.29 is 27.8 Å². The zero-order valence-electron chi connectivity index (χ0n) is 12.6. The molecule has 1 aliphatic heterocycles. The first-order chi connectivity index (χ1) is 10.8. The van der Waals surface area contributed by atoms with Gasteiger partial charge in [0.2, 0.25) is 0 Å². The molecule has 6 nitrogen and oxygen atoms in total. The Morgan fingerprint density at radius 1 is 1.52 bits per heavy atom. The predicted octanol–water partition coefficient (Wildman–Crippen LogP) is 1.32. The van der Waals surface area contributed by atoms with Gasteiger partial charge in [-0.15, -0.1) is 0 Å². The second-order valence-corrected chi connectivity index (χ2v) is 5.41. The average Bonchev–Trinajstić information content (AvgIpc) is 2.46. The van der Waals surface area contributed by atoms with E-state index in [1.807, 2.05) is 0 Å². The van der Waals surface area contributed by atoms with Gasteiger partial charge in [-0.05, 0) is 19.2 Å². The molecular formula is C14H18F3N3O3. The summed E-state index contributed by atoms with van der Waals surface area (Å²) in [5, 5.41) is 8.74. The highest BCUT2D eigenvalue weighted by atomic mass is 19.4. The molecule has 0 saturated carbocycles. The van der Waals surface area contributed by atoms with Crippen LogP contribution in [-0.4, -0.2) is 66.9 Å². The van der Waals surface area contributed by atoms with Crippen LogP contribution in [-0.2, 0) is 15.7 Å². The number of halogens is 3. The summed E-state index contributed by atoms with van der Waals surface area (Å²) in [5.41, 5.74) is -0.930. The summed E-state index contributed by atoms with van der Waals surface area (Å²) in [6, 6.07) is 3.78. The average molecular weight is 333 g/mol. The van der Waals surface area contributed by atoms with Crippen molar-refractivity contribution in [2.75, 3.05) is 44.7 Å². The van der Waals surface area contributed by atoms with Crippen LogP contribution in [0.15, 0.2) is 18.2 Å². The summed E-state index contributed by atoms with van der Waals surface area (Å²) in [4.78, 5) is 17.6. The Morgan fingerprint density at radius 3 is 2.91 bits per heavy atom. The van der Waals surface area contributed by atoms with Crippen LogP contribution in [0.2, 0.25) is 0 Å². The van der Waals surface area contributed by atoms with Gasteiger partial charge in [0.25, 0.3) is 0 Å². The van der Waals surface area contributed by atoms with Crippen molar-refractivity contribution >= 4 is 11.8 Å². The number of nitrogens with zero attached hydrogens (tertiary/aromatic N) is 3. The fraction of sp³-hybridized carbons (Fsp3) is 0.571. The number of pyridine rings is 1. The number of morpholine rings is 1. The third-order valence-electron chi connectivity index (χ3n) is 3.41. The smallest absolute Gasteiger partial charge is 0.433 e. The molecule has 1 aromatic rings. The van der Waals surface area contributed by atoms with E-state index in [4.69, 9.17) is 9.84 Å². The molecule has 9 heteroatoms. The molecule has 1 fully saturated rings. The maximum atomic E-state index is 12.7. The molecule has 23 heavy (non-hydrogen) atoms. The summed E-state index contributed by atoms with van der Waals surface area (Å²) >= 11 is 0. The van der Waals surface area contributed by atoms with Crippen molar-refractivity contribution in [3.63, 3.8) is 0 Å². The standard InChI is InChI=1S/C14H18F3N3O3/c1-19(9-13(21)22)7-10-8-20(5-6-23-10)12-4-2-3-11(18-12)14(15,16)17/h2-4,10H,5-9H2,1H3,(H,21,22). The van der Waals surface area contributed by atoms with Crippen molar-refractivity contribution in [3.8, 4) is 0 Å². The fourth-order valence-corrected chi connectivity index (χ4v) is 2.44. The van der Waals surface area contributed by atoms with Crippen molar-refractivity contribution in [1.82, 2.24) is 9.88 Å². The van der Waals surface area contributed by atoms with E-state index in [-0.39, 0.29) is 18.5 Å². The number of carboxylic acid groups (broad SMARTS) is 1. The minimum atomic E-state index is -4.48. The van der Waals surface area contributed by atoms with Gasteiger partial charge in [-0.1, -0.05) is 6.07 Å². The second-order valence-electron chi connectivity index (χ2n) is 5.41. The summed E-state index contributed by atoms with van der Waals surface area (Å²) in [6.45, 7) is 1.40. The fourth-order valence-electron chi connectivity index (χ4n) is 2.44. The van der Waals surface area contributed by atoms with Gasteiger partial charge >= 0.3 is 12.1 Å². The van der Waals surface area contributed by atoms with Crippen molar-refractivity contribution in [1.29, 1.82) is 0 Å². The number of alkyl halides is 3. The Balaban J connectivity index is 2.02. The number of hydrogen-bond acceptors (Lipinski definition) is 5. The van der Waals surface area contributed by atoms with Gasteiger partial charge in [0.15, 0.2) is 0 Å². The highest BCUT2D eigenvalue weighted by molar-refractivity contribution is 5.69. The van der Waals surface area contributed by atoms with Gasteiger partial charge in [0.1, 0.15) is 11.5 Å². The van der Waals surface area contributed by atoms with Crippen LogP contribution in [0.25, 0.3) is 0 Å². The Hall–Kier alpha value is -1.87. The zero-order chi connectivity index (χ0) is 17.0. The SMILES string of the molecule is CN(CC(=O)O)CC1CN(c2cccc(C(F)(F)F)n2)CCO1. The molecular weight excluding hydrogens is 315 g/mol. The predicted molar refractivity (Wildman–Crippen MR) is 76.3 cm³/mol. The van der Waals surface area contributed by atoms with Gasteiger partial charge in [0, 0.05) is 19.6 Å². The number of aromatic nitrogens is 1. The maximum Gasteiger partial charge on any atom is 0.433 e. The van der Waals surface area contributed by atoms with E-state index >= 15 is 0 Å². The first-order valence-corrected chi connectivity index (χ1v) is 7.07. The Morgan fingerprint density at radius 2 is 2.26 bits per heavy atom. The van der Waals surface area contributed by atoms with Crippen LogP contribution in [0.5, 0.6) is 0 Å². The second kappa shape index (κ2) is 7.14. The number of hydrogen-bond donors (Lipinski definition) is 1. The summed E-state index contributed by atoms with van der Waals surface area (Å²) < 4.78 is 43.8. The first-order valence-electron chi connectivity index (χ1n) is 7.07. The Labute approximate surface area is 131 Å². The monoisotopic (exact) mass is 333 g/mol. The normalized spacial score (nSPS) is 19.2. The molecule has 1 unspecified atom stereocenters. The van der Waals surface area contributed by atoms with E-state index in [0.29, 0.717) is 26.2 Å². The molecule has 1 saturated heterocycles. The first kappa shape index (κ1) is 17.5. The third kappa shape index (κ3) is 5.07. The van der Waals surface area contributed by atoms with E-state index in [0.717, 1.165) is 6.07 Å². The summed E-state index contributed by atoms with van der Waals surface area (Å²) in [5.74, 6) is -0.700. The molecule has 1 atom stereocenters. The Bertz CT molecular complexity index is 554. The molecule has 0 aromatic carbocycles. The lowest BCUT2D eigenvalue weighted by Crippen LogP contribution is -2.48. The van der Waals surface area contributed by atoms with Crippen LogP contribution in [0.1, 0.15) is 5.69 Å².